The zero-order chi connectivity index (χ0) is 10.6. The Kier molecular flexibility index (Phi) is 3.45. The van der Waals surface area contributed by atoms with Crippen molar-refractivity contribution in [2.75, 3.05) is 13.7 Å². The second kappa shape index (κ2) is 4.60. The number of carbonyl (C=O) groups is 1. The third kappa shape index (κ3) is 2.73. The van der Waals surface area contributed by atoms with E-state index >= 15 is 0 Å². The number of benzene rings is 1. The maximum absolute atomic E-state index is 13.1. The first-order valence-electron chi connectivity index (χ1n) is 4.23. The molecule has 0 unspecified atom stereocenters. The third-order valence-electron chi connectivity index (χ3n) is 1.72. The van der Waals surface area contributed by atoms with Crippen LogP contribution in [0.15, 0.2) is 18.2 Å². The zero-order valence-corrected chi connectivity index (χ0v) is 8.13. The van der Waals surface area contributed by atoms with E-state index in [4.69, 9.17) is 4.74 Å². The number of halogens is 1. The maximum Gasteiger partial charge on any atom is 0.257 e. The Morgan fingerprint density at radius 2 is 2.29 bits per heavy atom. The smallest absolute Gasteiger partial charge is 0.257 e. The average Bonchev–Trinajstić information content (AvgIpc) is 2.19. The van der Waals surface area contributed by atoms with Crippen LogP contribution >= 0.6 is 0 Å². The summed E-state index contributed by atoms with van der Waals surface area (Å²) < 4.78 is 18.1. The van der Waals surface area contributed by atoms with Crippen molar-refractivity contribution in [1.29, 1.82) is 0 Å². The van der Waals surface area contributed by atoms with E-state index in [1.165, 1.54) is 13.1 Å². The van der Waals surface area contributed by atoms with Gasteiger partial charge >= 0.3 is 0 Å². The molecule has 3 nitrogen and oxygen atoms in total. The Hall–Kier alpha value is -1.58. The van der Waals surface area contributed by atoms with Crippen molar-refractivity contribution in [3.05, 3.63) is 29.6 Å². The molecule has 1 aromatic carbocycles. The van der Waals surface area contributed by atoms with Gasteiger partial charge in [-0.15, -0.1) is 0 Å². The molecule has 0 bridgehead atoms. The summed E-state index contributed by atoms with van der Waals surface area (Å²) in [6.45, 7) is 1.66. The number of amides is 1. The third-order valence-corrected chi connectivity index (χ3v) is 1.72. The van der Waals surface area contributed by atoms with Crippen molar-refractivity contribution >= 4 is 5.91 Å². The molecule has 0 saturated heterocycles. The predicted molar refractivity (Wildman–Crippen MR) is 50.7 cm³/mol. The second-order valence-corrected chi connectivity index (χ2v) is 2.90. The van der Waals surface area contributed by atoms with Gasteiger partial charge in [0, 0.05) is 7.05 Å². The molecule has 14 heavy (non-hydrogen) atoms. The molecule has 1 aromatic rings. The standard InChI is InChI=1S/C10H12FNO2/c1-7-3-4-8(11)9(5-7)14-6-10(13)12-2/h3-5H,6H2,1-2H3,(H,12,13). The van der Waals surface area contributed by atoms with Crippen LogP contribution in [0.2, 0.25) is 0 Å². The van der Waals surface area contributed by atoms with Gasteiger partial charge in [-0.3, -0.25) is 4.79 Å². The summed E-state index contributed by atoms with van der Waals surface area (Å²) in [5.74, 6) is -0.640. The van der Waals surface area contributed by atoms with E-state index < -0.39 is 5.82 Å². The van der Waals surface area contributed by atoms with Crippen molar-refractivity contribution in [1.82, 2.24) is 5.32 Å². The molecule has 0 spiro atoms. The lowest BCUT2D eigenvalue weighted by Gasteiger charge is -2.06. The molecule has 0 saturated carbocycles. The van der Waals surface area contributed by atoms with Crippen molar-refractivity contribution in [3.8, 4) is 5.75 Å². The molecular weight excluding hydrogens is 185 g/mol. The summed E-state index contributed by atoms with van der Waals surface area (Å²) in [5.41, 5.74) is 0.887. The number of likely N-dealkylation sites (N-methyl/N-ethyl adjacent to an activating group) is 1. The normalized spacial score (nSPS) is 9.64. The minimum absolute atomic E-state index is 0.105. The van der Waals surface area contributed by atoms with E-state index in [1.54, 1.807) is 12.1 Å². The topological polar surface area (TPSA) is 38.3 Å². The molecule has 0 aliphatic rings. The zero-order valence-electron chi connectivity index (χ0n) is 8.13. The maximum atomic E-state index is 13.1. The van der Waals surface area contributed by atoms with Crippen LogP contribution in [0.1, 0.15) is 5.56 Å². The Labute approximate surface area is 81.9 Å². The fourth-order valence-electron chi connectivity index (χ4n) is 0.937. The van der Waals surface area contributed by atoms with Crippen molar-refractivity contribution in [2.24, 2.45) is 0 Å². The number of rotatable bonds is 3. The number of nitrogens with one attached hydrogen (secondary N) is 1. The lowest BCUT2D eigenvalue weighted by molar-refractivity contribution is -0.122. The van der Waals surface area contributed by atoms with E-state index in [9.17, 15) is 9.18 Å². The van der Waals surface area contributed by atoms with Crippen LogP contribution in [0.3, 0.4) is 0 Å². The first-order chi connectivity index (χ1) is 6.63. The summed E-state index contributed by atoms with van der Waals surface area (Å²) >= 11 is 0. The number of hydrogen-bond donors (Lipinski definition) is 1. The van der Waals surface area contributed by atoms with Gasteiger partial charge in [-0.25, -0.2) is 4.39 Å². The Morgan fingerprint density at radius 1 is 1.57 bits per heavy atom. The lowest BCUT2D eigenvalue weighted by atomic mass is 10.2. The highest BCUT2D eigenvalue weighted by Crippen LogP contribution is 2.17. The van der Waals surface area contributed by atoms with Crippen LogP contribution in [0.5, 0.6) is 5.75 Å². The van der Waals surface area contributed by atoms with Gasteiger partial charge in [0.1, 0.15) is 0 Å². The molecular formula is C10H12FNO2. The molecule has 0 fully saturated rings. The van der Waals surface area contributed by atoms with Gasteiger partial charge in [0.15, 0.2) is 18.2 Å². The summed E-state index contributed by atoms with van der Waals surface area (Å²) in [6, 6.07) is 4.51. The number of carbonyl (C=O) groups excluding carboxylic acids is 1. The first kappa shape index (κ1) is 10.5. The highest BCUT2D eigenvalue weighted by Gasteiger charge is 2.05. The minimum atomic E-state index is -0.459. The highest BCUT2D eigenvalue weighted by molar-refractivity contribution is 5.77. The molecule has 4 heteroatoms. The molecule has 1 N–H and O–H groups in total. The van der Waals surface area contributed by atoms with Gasteiger partial charge < -0.3 is 10.1 Å². The van der Waals surface area contributed by atoms with Gasteiger partial charge in [-0.1, -0.05) is 6.07 Å². The van der Waals surface area contributed by atoms with E-state index in [0.29, 0.717) is 0 Å². The quantitative estimate of drug-likeness (QED) is 0.792. The van der Waals surface area contributed by atoms with Gasteiger partial charge in [0.2, 0.25) is 0 Å². The van der Waals surface area contributed by atoms with Crippen LogP contribution in [0.25, 0.3) is 0 Å². The van der Waals surface area contributed by atoms with Crippen LogP contribution in [0, 0.1) is 12.7 Å². The Bertz CT molecular complexity index is 339. The number of hydrogen-bond acceptors (Lipinski definition) is 2. The van der Waals surface area contributed by atoms with E-state index in [2.05, 4.69) is 5.32 Å². The molecule has 76 valence electrons. The number of aryl methyl sites for hydroxylation is 1. The molecule has 1 rings (SSSR count). The largest absolute Gasteiger partial charge is 0.481 e. The molecule has 0 radical (unpaired) electrons. The van der Waals surface area contributed by atoms with Crippen LogP contribution in [-0.4, -0.2) is 19.6 Å². The van der Waals surface area contributed by atoms with Crippen molar-refractivity contribution in [2.45, 2.75) is 6.92 Å². The summed E-state index contributed by atoms with van der Waals surface area (Å²) in [7, 11) is 1.50. The van der Waals surface area contributed by atoms with E-state index in [0.717, 1.165) is 5.56 Å². The first-order valence-corrected chi connectivity index (χ1v) is 4.23. The van der Waals surface area contributed by atoms with Crippen molar-refractivity contribution in [3.63, 3.8) is 0 Å². The van der Waals surface area contributed by atoms with Crippen molar-refractivity contribution < 1.29 is 13.9 Å². The molecule has 1 amide bonds. The molecule has 0 aromatic heterocycles. The molecule has 0 heterocycles. The summed E-state index contributed by atoms with van der Waals surface area (Å²) in [5, 5.41) is 2.38. The second-order valence-electron chi connectivity index (χ2n) is 2.90. The SMILES string of the molecule is CNC(=O)COc1cc(C)ccc1F. The van der Waals surface area contributed by atoms with Gasteiger partial charge in [-0.05, 0) is 24.6 Å². The number of ether oxygens (including phenoxy) is 1. The predicted octanol–water partition coefficient (Wildman–Crippen LogP) is 1.26. The minimum Gasteiger partial charge on any atom is -0.481 e. The van der Waals surface area contributed by atoms with E-state index in [1.807, 2.05) is 6.92 Å². The van der Waals surface area contributed by atoms with Crippen LogP contribution in [0.4, 0.5) is 4.39 Å². The summed E-state index contributed by atoms with van der Waals surface area (Å²) in [4.78, 5) is 10.8. The monoisotopic (exact) mass is 197 g/mol. The van der Waals surface area contributed by atoms with E-state index in [-0.39, 0.29) is 18.3 Å². The van der Waals surface area contributed by atoms with Gasteiger partial charge in [0.25, 0.3) is 5.91 Å². The Balaban J connectivity index is 2.66. The Morgan fingerprint density at radius 3 is 2.93 bits per heavy atom. The fraction of sp³-hybridized carbons (Fsp3) is 0.300. The molecule has 0 atom stereocenters. The van der Waals surface area contributed by atoms with Gasteiger partial charge in [0.05, 0.1) is 0 Å². The lowest BCUT2D eigenvalue weighted by Crippen LogP contribution is -2.25. The summed E-state index contributed by atoms with van der Waals surface area (Å²) in [6.07, 6.45) is 0. The molecule has 0 aliphatic heterocycles. The molecule has 0 aliphatic carbocycles. The van der Waals surface area contributed by atoms with Crippen LogP contribution < -0.4 is 10.1 Å². The highest BCUT2D eigenvalue weighted by atomic mass is 19.1. The van der Waals surface area contributed by atoms with Gasteiger partial charge in [-0.2, -0.15) is 0 Å². The average molecular weight is 197 g/mol. The fourth-order valence-corrected chi connectivity index (χ4v) is 0.937. The van der Waals surface area contributed by atoms with Crippen LogP contribution in [-0.2, 0) is 4.79 Å².